The zero-order valence-corrected chi connectivity index (χ0v) is 15.1. The summed E-state index contributed by atoms with van der Waals surface area (Å²) in [5.41, 5.74) is -0.263. The second kappa shape index (κ2) is 8.41. The van der Waals surface area contributed by atoms with E-state index in [0.29, 0.717) is 26.3 Å². The molecule has 1 saturated heterocycles. The molecule has 0 spiro atoms. The summed E-state index contributed by atoms with van der Waals surface area (Å²) in [6.07, 6.45) is 1.29. The SMILES string of the molecule is N#C/C(=C\c1ccc(-c2cc(C(=O)O)cc(C(=O)O)c2)o1)C(=O)N1CCOCC1. The number of amides is 1. The van der Waals surface area contributed by atoms with Gasteiger partial charge in [0.15, 0.2) is 0 Å². The third kappa shape index (κ3) is 4.51. The van der Waals surface area contributed by atoms with Gasteiger partial charge in [-0.25, -0.2) is 9.59 Å². The minimum atomic E-state index is -1.27. The summed E-state index contributed by atoms with van der Waals surface area (Å²) in [6.45, 7) is 1.59. The van der Waals surface area contributed by atoms with Crippen LogP contribution in [0.5, 0.6) is 0 Å². The number of hydrogen-bond acceptors (Lipinski definition) is 6. The first-order valence-corrected chi connectivity index (χ1v) is 8.59. The Morgan fingerprint density at radius 3 is 2.21 bits per heavy atom. The summed E-state index contributed by atoms with van der Waals surface area (Å²) in [6, 6.07) is 8.49. The molecule has 1 aromatic carbocycles. The molecule has 2 heterocycles. The number of benzene rings is 1. The van der Waals surface area contributed by atoms with Crippen molar-refractivity contribution >= 4 is 23.9 Å². The highest BCUT2D eigenvalue weighted by Crippen LogP contribution is 2.26. The van der Waals surface area contributed by atoms with Crippen LogP contribution in [0, 0.1) is 11.3 Å². The van der Waals surface area contributed by atoms with Gasteiger partial charge in [-0.3, -0.25) is 4.79 Å². The number of carbonyl (C=O) groups is 3. The molecule has 2 N–H and O–H groups in total. The van der Waals surface area contributed by atoms with Gasteiger partial charge in [0.1, 0.15) is 23.2 Å². The molecule has 0 unspecified atom stereocenters. The van der Waals surface area contributed by atoms with E-state index in [2.05, 4.69) is 0 Å². The van der Waals surface area contributed by atoms with Gasteiger partial charge in [0.05, 0.1) is 24.3 Å². The fourth-order valence-electron chi connectivity index (χ4n) is 2.82. The van der Waals surface area contributed by atoms with Crippen molar-refractivity contribution in [2.45, 2.75) is 0 Å². The Hall–Kier alpha value is -3.90. The van der Waals surface area contributed by atoms with Gasteiger partial charge in [0.25, 0.3) is 5.91 Å². The van der Waals surface area contributed by atoms with Crippen LogP contribution in [-0.2, 0) is 9.53 Å². The Kier molecular flexibility index (Phi) is 5.76. The van der Waals surface area contributed by atoms with Gasteiger partial charge in [0, 0.05) is 24.7 Å². The number of aromatic carboxylic acids is 2. The van der Waals surface area contributed by atoms with Crippen LogP contribution < -0.4 is 0 Å². The van der Waals surface area contributed by atoms with Crippen molar-refractivity contribution in [2.24, 2.45) is 0 Å². The average Bonchev–Trinajstić information content (AvgIpc) is 3.20. The number of hydrogen-bond donors (Lipinski definition) is 2. The van der Waals surface area contributed by atoms with Crippen LogP contribution in [0.1, 0.15) is 26.5 Å². The van der Waals surface area contributed by atoms with Crippen LogP contribution >= 0.6 is 0 Å². The molecule has 9 heteroatoms. The molecule has 0 saturated carbocycles. The third-order valence-corrected chi connectivity index (χ3v) is 4.27. The van der Waals surface area contributed by atoms with E-state index in [1.807, 2.05) is 6.07 Å². The number of rotatable bonds is 5. The maximum absolute atomic E-state index is 12.5. The molecule has 29 heavy (non-hydrogen) atoms. The molecular weight excluding hydrogens is 380 g/mol. The molecule has 3 rings (SSSR count). The molecule has 1 amide bonds. The van der Waals surface area contributed by atoms with E-state index in [0.717, 1.165) is 6.07 Å². The van der Waals surface area contributed by atoms with Crippen molar-refractivity contribution in [3.05, 3.63) is 52.8 Å². The molecule has 0 bridgehead atoms. The van der Waals surface area contributed by atoms with Gasteiger partial charge < -0.3 is 24.3 Å². The highest BCUT2D eigenvalue weighted by atomic mass is 16.5. The maximum Gasteiger partial charge on any atom is 0.335 e. The number of carboxylic acids is 2. The zero-order chi connectivity index (χ0) is 21.0. The normalized spacial score (nSPS) is 14.3. The molecular formula is C20H16N2O7. The van der Waals surface area contributed by atoms with Crippen LogP contribution in [0.2, 0.25) is 0 Å². The standard InChI is InChI=1S/C20H16N2O7/c21-11-15(18(23)22-3-5-28-6-4-22)10-16-1-2-17(29-16)12-7-13(19(24)25)9-14(8-12)20(26)27/h1-2,7-10H,3-6H2,(H,24,25)(H,26,27)/b15-10+. The van der Waals surface area contributed by atoms with E-state index in [9.17, 15) is 29.9 Å². The summed E-state index contributed by atoms with van der Waals surface area (Å²) in [7, 11) is 0. The van der Waals surface area contributed by atoms with Crippen molar-refractivity contribution in [1.82, 2.24) is 4.90 Å². The first kappa shape index (κ1) is 19.9. The van der Waals surface area contributed by atoms with Gasteiger partial charge >= 0.3 is 11.9 Å². The quantitative estimate of drug-likeness (QED) is 0.578. The summed E-state index contributed by atoms with van der Waals surface area (Å²) in [4.78, 5) is 36.5. The molecule has 0 atom stereocenters. The van der Waals surface area contributed by atoms with Crippen LogP contribution in [0.3, 0.4) is 0 Å². The first-order valence-electron chi connectivity index (χ1n) is 8.59. The summed E-state index contributed by atoms with van der Waals surface area (Å²) in [5, 5.41) is 27.7. The second-order valence-electron chi connectivity index (χ2n) is 6.19. The van der Waals surface area contributed by atoms with Crippen LogP contribution in [0.15, 0.2) is 40.3 Å². The fourth-order valence-corrected chi connectivity index (χ4v) is 2.82. The first-order chi connectivity index (χ1) is 13.9. The molecule has 1 aliphatic rings. The average molecular weight is 396 g/mol. The van der Waals surface area contributed by atoms with E-state index in [4.69, 9.17) is 9.15 Å². The van der Waals surface area contributed by atoms with Gasteiger partial charge in [-0.05, 0) is 30.3 Å². The highest BCUT2D eigenvalue weighted by Gasteiger charge is 2.21. The molecule has 148 valence electrons. The molecule has 2 aromatic rings. The van der Waals surface area contributed by atoms with Crippen LogP contribution in [0.25, 0.3) is 17.4 Å². The van der Waals surface area contributed by atoms with Crippen molar-refractivity contribution in [3.8, 4) is 17.4 Å². The largest absolute Gasteiger partial charge is 0.478 e. The Labute approximate surface area is 165 Å². The van der Waals surface area contributed by atoms with Crippen molar-refractivity contribution in [1.29, 1.82) is 5.26 Å². The van der Waals surface area contributed by atoms with Gasteiger partial charge in [-0.1, -0.05) is 0 Å². The molecule has 1 fully saturated rings. The lowest BCUT2D eigenvalue weighted by Gasteiger charge is -2.26. The van der Waals surface area contributed by atoms with E-state index in [1.54, 1.807) is 0 Å². The minimum absolute atomic E-state index is 0.113. The van der Waals surface area contributed by atoms with Crippen molar-refractivity contribution < 1.29 is 33.8 Å². The Balaban J connectivity index is 1.91. The van der Waals surface area contributed by atoms with Crippen LogP contribution in [0.4, 0.5) is 0 Å². The minimum Gasteiger partial charge on any atom is -0.478 e. The van der Waals surface area contributed by atoms with E-state index in [1.165, 1.54) is 35.2 Å². The fraction of sp³-hybridized carbons (Fsp3) is 0.200. The molecule has 1 aromatic heterocycles. The maximum atomic E-state index is 12.5. The highest BCUT2D eigenvalue weighted by molar-refractivity contribution is 6.01. The predicted octanol–water partition coefficient (Wildman–Crippen LogP) is 2.11. The Morgan fingerprint density at radius 1 is 1.03 bits per heavy atom. The monoisotopic (exact) mass is 396 g/mol. The predicted molar refractivity (Wildman–Crippen MR) is 99.1 cm³/mol. The number of furan rings is 1. The van der Waals surface area contributed by atoms with E-state index in [-0.39, 0.29) is 33.8 Å². The zero-order valence-electron chi connectivity index (χ0n) is 15.1. The Morgan fingerprint density at radius 2 is 1.66 bits per heavy atom. The van der Waals surface area contributed by atoms with E-state index >= 15 is 0 Å². The lowest BCUT2D eigenvalue weighted by molar-refractivity contribution is -0.130. The molecule has 9 nitrogen and oxygen atoms in total. The lowest BCUT2D eigenvalue weighted by atomic mass is 10.0. The second-order valence-corrected chi connectivity index (χ2v) is 6.19. The van der Waals surface area contributed by atoms with Gasteiger partial charge in [0.2, 0.25) is 0 Å². The lowest BCUT2D eigenvalue weighted by Crippen LogP contribution is -2.41. The topological polar surface area (TPSA) is 141 Å². The van der Waals surface area contributed by atoms with Gasteiger partial charge in [-0.15, -0.1) is 0 Å². The van der Waals surface area contributed by atoms with E-state index < -0.39 is 17.8 Å². The third-order valence-electron chi connectivity index (χ3n) is 4.27. The molecule has 0 aliphatic carbocycles. The van der Waals surface area contributed by atoms with Crippen LogP contribution in [-0.4, -0.2) is 59.3 Å². The Bertz CT molecular complexity index is 1010. The summed E-state index contributed by atoms with van der Waals surface area (Å²) in [5.74, 6) is -2.57. The van der Waals surface area contributed by atoms with Crippen molar-refractivity contribution in [2.75, 3.05) is 26.3 Å². The molecule has 0 radical (unpaired) electrons. The number of ether oxygens (including phenoxy) is 1. The van der Waals surface area contributed by atoms with Gasteiger partial charge in [-0.2, -0.15) is 5.26 Å². The number of nitrogens with zero attached hydrogens (tertiary/aromatic N) is 2. The number of morpholine rings is 1. The number of carbonyl (C=O) groups excluding carboxylic acids is 1. The number of nitriles is 1. The summed E-state index contributed by atoms with van der Waals surface area (Å²) >= 11 is 0. The van der Waals surface area contributed by atoms with Crippen molar-refractivity contribution in [3.63, 3.8) is 0 Å². The smallest absolute Gasteiger partial charge is 0.335 e. The number of carboxylic acid groups (broad SMARTS) is 2. The molecule has 1 aliphatic heterocycles. The summed E-state index contributed by atoms with van der Waals surface area (Å²) < 4.78 is 10.8.